The Morgan fingerprint density at radius 1 is 1.50 bits per heavy atom. The third-order valence-electron chi connectivity index (χ3n) is 3.41. The van der Waals surface area contributed by atoms with Gasteiger partial charge in [0.15, 0.2) is 0 Å². The monoisotopic (exact) mass is 370 g/mol. The normalized spacial score (nSPS) is 17.0. The Morgan fingerprint density at radius 2 is 2.38 bits per heavy atom. The lowest BCUT2D eigenvalue weighted by Gasteiger charge is -2.21. The van der Waals surface area contributed by atoms with Gasteiger partial charge in [0.25, 0.3) is 5.91 Å². The zero-order chi connectivity index (χ0) is 16.1. The summed E-state index contributed by atoms with van der Waals surface area (Å²) in [4.78, 5) is 12.1. The highest BCUT2D eigenvalue weighted by molar-refractivity contribution is 7.15. The van der Waals surface area contributed by atoms with Crippen LogP contribution in [0.4, 0.5) is 5.13 Å². The van der Waals surface area contributed by atoms with E-state index in [1.54, 1.807) is 7.11 Å². The van der Waals surface area contributed by atoms with Gasteiger partial charge in [0.1, 0.15) is 16.9 Å². The highest BCUT2D eigenvalue weighted by Crippen LogP contribution is 2.21. The molecule has 7 nitrogen and oxygen atoms in total. The fourth-order valence-electron chi connectivity index (χ4n) is 2.25. The maximum atomic E-state index is 12.1. The minimum Gasteiger partial charge on any atom is -0.497 e. The van der Waals surface area contributed by atoms with Crippen molar-refractivity contribution in [3.8, 4) is 5.75 Å². The van der Waals surface area contributed by atoms with Gasteiger partial charge in [-0.25, -0.2) is 0 Å². The van der Waals surface area contributed by atoms with Crippen LogP contribution < -0.4 is 15.4 Å². The van der Waals surface area contributed by atoms with Gasteiger partial charge in [0, 0.05) is 19.5 Å². The second kappa shape index (κ2) is 8.93. The van der Waals surface area contributed by atoms with Gasteiger partial charge < -0.3 is 14.8 Å². The highest BCUT2D eigenvalue weighted by atomic mass is 35.5. The van der Waals surface area contributed by atoms with Crippen LogP contribution in [-0.4, -0.2) is 49.0 Å². The first-order chi connectivity index (χ1) is 11.2. The van der Waals surface area contributed by atoms with Crippen LogP contribution in [0.1, 0.15) is 10.6 Å². The van der Waals surface area contributed by atoms with Gasteiger partial charge in [-0.1, -0.05) is 23.5 Å². The van der Waals surface area contributed by atoms with E-state index in [-0.39, 0.29) is 18.3 Å². The summed E-state index contributed by atoms with van der Waals surface area (Å²) in [6.07, 6.45) is 0.168. The van der Waals surface area contributed by atoms with E-state index < -0.39 is 6.10 Å². The molecule has 1 amide bonds. The molecule has 0 aliphatic carbocycles. The summed E-state index contributed by atoms with van der Waals surface area (Å²) in [5.74, 6) is 0.615. The second-order valence-electron chi connectivity index (χ2n) is 5.08. The first-order valence-corrected chi connectivity index (χ1v) is 8.15. The Balaban J connectivity index is 0.00000208. The summed E-state index contributed by atoms with van der Waals surface area (Å²) in [5, 5.41) is 15.3. The van der Waals surface area contributed by atoms with E-state index in [4.69, 9.17) is 9.47 Å². The minimum absolute atomic E-state index is 0. The maximum absolute atomic E-state index is 12.1. The number of hydrogen-bond donors (Lipinski definition) is 2. The van der Waals surface area contributed by atoms with Crippen molar-refractivity contribution >= 4 is 34.8 Å². The molecule has 0 unspecified atom stereocenters. The lowest BCUT2D eigenvalue weighted by atomic mass is 10.1. The van der Waals surface area contributed by atoms with Crippen molar-refractivity contribution in [1.82, 2.24) is 15.5 Å². The molecule has 1 fully saturated rings. The molecule has 130 valence electrons. The van der Waals surface area contributed by atoms with Gasteiger partial charge in [0.05, 0.1) is 13.7 Å². The molecule has 24 heavy (non-hydrogen) atoms. The Labute approximate surface area is 150 Å². The molecule has 3 rings (SSSR count). The minimum atomic E-state index is -0.477. The molecule has 0 bridgehead atoms. The third-order valence-corrected chi connectivity index (χ3v) is 4.25. The van der Waals surface area contributed by atoms with Crippen LogP contribution in [0.15, 0.2) is 24.3 Å². The number of aromatic nitrogens is 2. The van der Waals surface area contributed by atoms with Gasteiger partial charge in [-0.05, 0) is 17.7 Å². The summed E-state index contributed by atoms with van der Waals surface area (Å²) in [6, 6.07) is 7.80. The number of halogens is 1. The number of hydrogen-bond acceptors (Lipinski definition) is 7. The lowest BCUT2D eigenvalue weighted by Crippen LogP contribution is -2.45. The van der Waals surface area contributed by atoms with E-state index in [0.29, 0.717) is 24.7 Å². The SMILES string of the molecule is COc1cccc(Cc2nnc(NC(=O)[C@H]3CNCCO3)s2)c1.Cl. The zero-order valence-electron chi connectivity index (χ0n) is 13.2. The predicted octanol–water partition coefficient (Wildman–Crippen LogP) is 1.49. The van der Waals surface area contributed by atoms with Gasteiger partial charge >= 0.3 is 0 Å². The Hall–Kier alpha value is -1.74. The van der Waals surface area contributed by atoms with Crippen molar-refractivity contribution in [2.45, 2.75) is 12.5 Å². The number of carbonyl (C=O) groups is 1. The van der Waals surface area contributed by atoms with Gasteiger partial charge in [0.2, 0.25) is 5.13 Å². The van der Waals surface area contributed by atoms with Gasteiger partial charge in [-0.15, -0.1) is 22.6 Å². The van der Waals surface area contributed by atoms with Crippen LogP contribution in [-0.2, 0) is 16.0 Å². The van der Waals surface area contributed by atoms with Crippen molar-refractivity contribution < 1.29 is 14.3 Å². The van der Waals surface area contributed by atoms with Crippen LogP contribution in [0.2, 0.25) is 0 Å². The fraction of sp³-hybridized carbons (Fsp3) is 0.400. The fourth-order valence-corrected chi connectivity index (χ4v) is 3.03. The highest BCUT2D eigenvalue weighted by Gasteiger charge is 2.22. The van der Waals surface area contributed by atoms with E-state index in [0.717, 1.165) is 22.9 Å². The van der Waals surface area contributed by atoms with E-state index in [2.05, 4.69) is 20.8 Å². The topological polar surface area (TPSA) is 85.4 Å². The van der Waals surface area contributed by atoms with Crippen LogP contribution >= 0.6 is 23.7 Å². The van der Waals surface area contributed by atoms with Crippen molar-refractivity contribution in [2.75, 3.05) is 32.1 Å². The van der Waals surface area contributed by atoms with E-state index in [9.17, 15) is 4.79 Å². The van der Waals surface area contributed by atoms with Crippen LogP contribution in [0, 0.1) is 0 Å². The maximum Gasteiger partial charge on any atom is 0.256 e. The quantitative estimate of drug-likeness (QED) is 0.829. The number of morpholine rings is 1. The Bertz CT molecular complexity index is 676. The molecule has 1 atom stereocenters. The molecule has 0 spiro atoms. The number of anilines is 1. The number of nitrogens with one attached hydrogen (secondary N) is 2. The molecule has 2 heterocycles. The second-order valence-corrected chi connectivity index (χ2v) is 6.14. The summed E-state index contributed by atoms with van der Waals surface area (Å²) < 4.78 is 10.6. The van der Waals surface area contributed by atoms with Crippen molar-refractivity contribution in [1.29, 1.82) is 0 Å². The number of rotatable bonds is 5. The molecule has 0 saturated carbocycles. The Kier molecular flexibility index (Phi) is 6.92. The standard InChI is InChI=1S/C15H18N4O3S.ClH/c1-21-11-4-2-3-10(7-11)8-13-18-19-15(23-13)17-14(20)12-9-16-5-6-22-12;/h2-4,7,12,16H,5-6,8-9H2,1H3,(H,17,19,20);1H/t12-;/m1./s1. The number of nitrogens with zero attached hydrogens (tertiary/aromatic N) is 2. The molecule has 1 aromatic heterocycles. The molecular weight excluding hydrogens is 352 g/mol. The molecule has 1 aliphatic heterocycles. The summed E-state index contributed by atoms with van der Waals surface area (Å²) in [5.41, 5.74) is 1.08. The number of benzene rings is 1. The van der Waals surface area contributed by atoms with Gasteiger partial charge in [-0.3, -0.25) is 10.1 Å². The zero-order valence-corrected chi connectivity index (χ0v) is 14.8. The van der Waals surface area contributed by atoms with Crippen molar-refractivity contribution in [3.63, 3.8) is 0 Å². The predicted molar refractivity (Wildman–Crippen MR) is 94.2 cm³/mol. The lowest BCUT2D eigenvalue weighted by molar-refractivity contribution is -0.128. The molecule has 1 aliphatic rings. The van der Waals surface area contributed by atoms with E-state index in [1.165, 1.54) is 11.3 Å². The van der Waals surface area contributed by atoms with Crippen LogP contribution in [0.25, 0.3) is 0 Å². The average molecular weight is 371 g/mol. The number of amides is 1. The number of methoxy groups -OCH3 is 1. The van der Waals surface area contributed by atoms with E-state index in [1.807, 2.05) is 24.3 Å². The molecule has 1 aromatic carbocycles. The molecule has 1 saturated heterocycles. The van der Waals surface area contributed by atoms with Crippen molar-refractivity contribution in [2.24, 2.45) is 0 Å². The first-order valence-electron chi connectivity index (χ1n) is 7.33. The summed E-state index contributed by atoms with van der Waals surface area (Å²) >= 11 is 1.36. The van der Waals surface area contributed by atoms with Crippen LogP contribution in [0.3, 0.4) is 0 Å². The smallest absolute Gasteiger partial charge is 0.256 e. The molecule has 0 radical (unpaired) electrons. The van der Waals surface area contributed by atoms with E-state index >= 15 is 0 Å². The number of carbonyl (C=O) groups excluding carboxylic acids is 1. The summed E-state index contributed by atoms with van der Waals surface area (Å²) in [6.45, 7) is 1.82. The molecule has 2 N–H and O–H groups in total. The largest absolute Gasteiger partial charge is 0.497 e. The molecule has 2 aromatic rings. The molecular formula is C15H19ClN4O3S. The average Bonchev–Trinajstić information content (AvgIpc) is 3.02. The van der Waals surface area contributed by atoms with Crippen molar-refractivity contribution in [3.05, 3.63) is 34.8 Å². The summed E-state index contributed by atoms with van der Waals surface area (Å²) in [7, 11) is 1.64. The first kappa shape index (κ1) is 18.6. The Morgan fingerprint density at radius 3 is 3.12 bits per heavy atom. The van der Waals surface area contributed by atoms with Gasteiger partial charge in [-0.2, -0.15) is 0 Å². The molecule has 9 heteroatoms. The van der Waals surface area contributed by atoms with Crippen LogP contribution in [0.5, 0.6) is 5.75 Å². The third kappa shape index (κ3) is 4.88. The number of ether oxygens (including phenoxy) is 2.